The summed E-state index contributed by atoms with van der Waals surface area (Å²) in [6.07, 6.45) is 3.33. The van der Waals surface area contributed by atoms with Crippen LogP contribution in [0.2, 0.25) is 0 Å². The number of ether oxygens (including phenoxy) is 4. The van der Waals surface area contributed by atoms with E-state index in [9.17, 15) is 38.4 Å². The fraction of sp³-hybridized carbons (Fsp3) is 0.773. The Balaban J connectivity index is 5.88. The number of rotatable bonds is 27. The molecule has 0 aliphatic carbocycles. The van der Waals surface area contributed by atoms with Gasteiger partial charge in [-0.1, -0.05) is 74.5 Å². The summed E-state index contributed by atoms with van der Waals surface area (Å²) in [6, 6.07) is -5.34. The zero-order chi connectivity index (χ0) is 48.1. The minimum Gasteiger partial charge on any atom is -0.467 e. The van der Waals surface area contributed by atoms with E-state index in [1.807, 2.05) is 27.7 Å². The normalized spacial score (nSPS) is 15.0. The van der Waals surface area contributed by atoms with Crippen LogP contribution in [0.25, 0.3) is 0 Å². The standard InChI is InChI=1S/C44H78N6O12/c1-25(2)21-29(9)36(52)50-44(14,15)41(57)47-33(37(53)48-34(27(5)6)38(54)45-31(22-26(3)4)40(56)59-16)24-61-20-18-17-19-60-23-32(30(10)51)46-39(55)35(28(7)8)49-42(58)62-43(11,12)13/h17-18,25-29,31-35H,19-24H2,1-16H3,(H,45,54)(H,46,55)(H,47,57)(H,48,53)(H,49,58)(H,50,52)/t29-,31-,32-,33-,34-,35-/m0/s1. The molecule has 0 aromatic rings. The monoisotopic (exact) mass is 883 g/mol. The van der Waals surface area contributed by atoms with E-state index >= 15 is 0 Å². The lowest BCUT2D eigenvalue weighted by Gasteiger charge is -2.30. The Bertz CT molecular complexity index is 1520. The molecule has 62 heavy (non-hydrogen) atoms. The van der Waals surface area contributed by atoms with Gasteiger partial charge < -0.3 is 50.8 Å². The van der Waals surface area contributed by atoms with Crippen LogP contribution in [0.3, 0.4) is 0 Å². The molecule has 6 N–H and O–H groups in total. The summed E-state index contributed by atoms with van der Waals surface area (Å²) in [4.78, 5) is 104. The van der Waals surface area contributed by atoms with Crippen LogP contribution in [-0.2, 0) is 52.5 Å². The third-order valence-corrected chi connectivity index (χ3v) is 9.25. The third kappa shape index (κ3) is 23.0. The van der Waals surface area contributed by atoms with Crippen LogP contribution in [0.1, 0.15) is 117 Å². The second-order valence-electron chi connectivity index (χ2n) is 18.7. The molecule has 0 unspecified atom stereocenters. The smallest absolute Gasteiger partial charge is 0.408 e. The van der Waals surface area contributed by atoms with Crippen molar-refractivity contribution in [1.29, 1.82) is 0 Å². The number of methoxy groups -OCH3 is 1. The topological polar surface area (TPSA) is 246 Å². The molecule has 0 rings (SSSR count). The highest BCUT2D eigenvalue weighted by Crippen LogP contribution is 2.15. The van der Waals surface area contributed by atoms with Gasteiger partial charge in [-0.25, -0.2) is 9.59 Å². The molecule has 0 aromatic carbocycles. The van der Waals surface area contributed by atoms with Gasteiger partial charge in [-0.05, 0) is 78.1 Å². The second-order valence-corrected chi connectivity index (χ2v) is 18.7. The maximum atomic E-state index is 13.8. The number of alkyl carbamates (subject to hydrolysis) is 1. The van der Waals surface area contributed by atoms with Crippen molar-refractivity contribution in [3.05, 3.63) is 12.2 Å². The lowest BCUT2D eigenvalue weighted by Crippen LogP contribution is -2.62. The van der Waals surface area contributed by atoms with Crippen molar-refractivity contribution in [2.45, 2.75) is 158 Å². The van der Waals surface area contributed by atoms with Gasteiger partial charge in [0.25, 0.3) is 0 Å². The molecule has 18 heteroatoms. The minimum absolute atomic E-state index is 0.0190. The zero-order valence-electron chi connectivity index (χ0n) is 40.1. The van der Waals surface area contributed by atoms with Gasteiger partial charge in [0.1, 0.15) is 41.3 Å². The Morgan fingerprint density at radius 3 is 1.47 bits per heavy atom. The van der Waals surface area contributed by atoms with Crippen LogP contribution in [0.15, 0.2) is 12.2 Å². The fourth-order valence-electron chi connectivity index (χ4n) is 5.84. The van der Waals surface area contributed by atoms with Gasteiger partial charge in [-0.15, -0.1) is 0 Å². The van der Waals surface area contributed by atoms with Crippen molar-refractivity contribution < 1.29 is 57.3 Å². The average molecular weight is 883 g/mol. The van der Waals surface area contributed by atoms with E-state index < -0.39 is 83.0 Å². The molecule has 0 radical (unpaired) electrons. The number of hydrogen-bond acceptors (Lipinski definition) is 12. The SMILES string of the molecule is COC(=O)[C@H](CC(C)C)NC(=O)[C@@H](NC(=O)[C@H](COCC=CCOC[C@H](NC(=O)[C@@H](NC(=O)OC(C)(C)C)C(C)C)C(C)=O)NC(=O)C(C)(C)NC(=O)[C@@H](C)CC(C)C)C(C)C. The summed E-state index contributed by atoms with van der Waals surface area (Å²) in [6.45, 7) is 25.3. The van der Waals surface area contributed by atoms with Crippen LogP contribution < -0.4 is 31.9 Å². The largest absolute Gasteiger partial charge is 0.467 e. The zero-order valence-corrected chi connectivity index (χ0v) is 40.1. The van der Waals surface area contributed by atoms with Gasteiger partial charge in [0.15, 0.2) is 5.78 Å². The van der Waals surface area contributed by atoms with Gasteiger partial charge in [0, 0.05) is 5.92 Å². The number of carbonyl (C=O) groups excluding carboxylic acids is 8. The number of ketones is 1. The first-order valence-corrected chi connectivity index (χ1v) is 21.4. The highest BCUT2D eigenvalue weighted by molar-refractivity contribution is 5.97. The number of carbonyl (C=O) groups is 8. The summed E-state index contributed by atoms with van der Waals surface area (Å²) >= 11 is 0. The van der Waals surface area contributed by atoms with Crippen LogP contribution >= 0.6 is 0 Å². The molecule has 0 aliphatic heterocycles. The Morgan fingerprint density at radius 1 is 0.565 bits per heavy atom. The number of hydrogen-bond donors (Lipinski definition) is 6. The highest BCUT2D eigenvalue weighted by Gasteiger charge is 2.37. The summed E-state index contributed by atoms with van der Waals surface area (Å²) < 4.78 is 21.5. The lowest BCUT2D eigenvalue weighted by atomic mass is 9.96. The van der Waals surface area contributed by atoms with E-state index in [0.29, 0.717) is 12.8 Å². The number of Topliss-reactive ketones (excluding diaryl/α,β-unsaturated/α-hetero) is 1. The first kappa shape index (κ1) is 57.4. The maximum absolute atomic E-state index is 13.8. The summed E-state index contributed by atoms with van der Waals surface area (Å²) in [5, 5.41) is 16.0. The Hall–Kier alpha value is -4.58. The van der Waals surface area contributed by atoms with E-state index in [1.165, 1.54) is 27.9 Å². The second kappa shape index (κ2) is 27.5. The van der Waals surface area contributed by atoms with Gasteiger partial charge in [-0.2, -0.15) is 0 Å². The van der Waals surface area contributed by atoms with E-state index in [0.717, 1.165) is 0 Å². The maximum Gasteiger partial charge on any atom is 0.408 e. The molecule has 356 valence electrons. The first-order chi connectivity index (χ1) is 28.5. The Kier molecular flexibility index (Phi) is 25.4. The molecular weight excluding hydrogens is 805 g/mol. The number of nitrogens with one attached hydrogen (secondary N) is 6. The predicted molar refractivity (Wildman–Crippen MR) is 234 cm³/mol. The van der Waals surface area contributed by atoms with Crippen LogP contribution in [-0.4, -0.2) is 122 Å². The van der Waals surface area contributed by atoms with E-state index in [1.54, 1.807) is 67.5 Å². The summed E-state index contributed by atoms with van der Waals surface area (Å²) in [5.74, 6) is -4.74. The molecular formula is C44H78N6O12. The molecule has 0 heterocycles. The first-order valence-electron chi connectivity index (χ1n) is 21.4. The molecule has 6 amide bonds. The molecule has 0 saturated heterocycles. The quantitative estimate of drug-likeness (QED) is 0.0396. The molecule has 18 nitrogen and oxygen atoms in total. The highest BCUT2D eigenvalue weighted by atomic mass is 16.6. The molecule has 6 atom stereocenters. The molecule has 0 aromatic heterocycles. The Labute approximate surface area is 369 Å². The lowest BCUT2D eigenvalue weighted by molar-refractivity contribution is -0.146. The van der Waals surface area contributed by atoms with Crippen molar-refractivity contribution in [2.24, 2.45) is 29.6 Å². The average Bonchev–Trinajstić information content (AvgIpc) is 3.13. The molecule has 0 aliphatic rings. The molecule has 0 saturated carbocycles. The third-order valence-electron chi connectivity index (χ3n) is 9.25. The molecule has 0 spiro atoms. The number of esters is 1. The Morgan fingerprint density at radius 2 is 1.03 bits per heavy atom. The van der Waals surface area contributed by atoms with Gasteiger partial charge in [0.05, 0.1) is 33.5 Å². The van der Waals surface area contributed by atoms with Crippen molar-refractivity contribution in [3.63, 3.8) is 0 Å². The molecule has 0 bridgehead atoms. The summed E-state index contributed by atoms with van der Waals surface area (Å²) in [5.41, 5.74) is -2.20. The van der Waals surface area contributed by atoms with E-state index in [2.05, 4.69) is 31.9 Å². The number of amides is 6. The van der Waals surface area contributed by atoms with Gasteiger partial charge in [-0.3, -0.25) is 28.8 Å². The van der Waals surface area contributed by atoms with Crippen molar-refractivity contribution in [3.8, 4) is 0 Å². The van der Waals surface area contributed by atoms with Crippen LogP contribution in [0, 0.1) is 29.6 Å². The van der Waals surface area contributed by atoms with E-state index in [4.69, 9.17) is 18.9 Å². The van der Waals surface area contributed by atoms with Crippen molar-refractivity contribution in [1.82, 2.24) is 31.9 Å². The van der Waals surface area contributed by atoms with Crippen molar-refractivity contribution >= 4 is 47.4 Å². The summed E-state index contributed by atoms with van der Waals surface area (Å²) in [7, 11) is 1.22. The van der Waals surface area contributed by atoms with Crippen molar-refractivity contribution in [2.75, 3.05) is 33.5 Å². The van der Waals surface area contributed by atoms with E-state index in [-0.39, 0.29) is 61.8 Å². The molecule has 0 fully saturated rings. The predicted octanol–water partition coefficient (Wildman–Crippen LogP) is 3.11. The van der Waals surface area contributed by atoms with Gasteiger partial charge in [0.2, 0.25) is 29.5 Å². The minimum atomic E-state index is -1.43. The van der Waals surface area contributed by atoms with Crippen LogP contribution in [0.5, 0.6) is 0 Å². The van der Waals surface area contributed by atoms with Crippen LogP contribution in [0.4, 0.5) is 4.79 Å². The van der Waals surface area contributed by atoms with Gasteiger partial charge >= 0.3 is 12.1 Å². The fourth-order valence-corrected chi connectivity index (χ4v) is 5.84.